The summed E-state index contributed by atoms with van der Waals surface area (Å²) in [5.74, 6) is 1.83. The van der Waals surface area contributed by atoms with E-state index in [0.29, 0.717) is 5.78 Å². The quantitative estimate of drug-likeness (QED) is 0.775. The van der Waals surface area contributed by atoms with Crippen LogP contribution in [0.15, 0.2) is 12.4 Å². The molecule has 0 radical (unpaired) electrons. The molecule has 2 aromatic rings. The summed E-state index contributed by atoms with van der Waals surface area (Å²) >= 11 is 0. The zero-order chi connectivity index (χ0) is 12.5. The molecule has 6 heteroatoms. The first-order valence-corrected chi connectivity index (χ1v) is 6.42. The molecule has 0 bridgehead atoms. The van der Waals surface area contributed by atoms with E-state index in [1.54, 1.807) is 6.33 Å². The van der Waals surface area contributed by atoms with Crippen molar-refractivity contribution >= 4 is 11.6 Å². The Labute approximate surface area is 106 Å². The van der Waals surface area contributed by atoms with Crippen LogP contribution >= 0.6 is 0 Å². The van der Waals surface area contributed by atoms with E-state index in [9.17, 15) is 0 Å². The van der Waals surface area contributed by atoms with Gasteiger partial charge in [-0.15, -0.1) is 10.2 Å². The smallest absolute Gasteiger partial charge is 0.256 e. The third-order valence-corrected chi connectivity index (χ3v) is 3.53. The van der Waals surface area contributed by atoms with Gasteiger partial charge in [0.05, 0.1) is 0 Å². The van der Waals surface area contributed by atoms with Gasteiger partial charge in [-0.25, -0.2) is 4.98 Å². The molecule has 0 spiro atoms. The molecule has 1 fully saturated rings. The van der Waals surface area contributed by atoms with Crippen molar-refractivity contribution in [2.45, 2.75) is 13.8 Å². The molecule has 2 aromatic heterocycles. The van der Waals surface area contributed by atoms with E-state index in [-0.39, 0.29) is 0 Å². The van der Waals surface area contributed by atoms with Gasteiger partial charge in [-0.2, -0.15) is 0 Å². The Morgan fingerprint density at radius 2 is 2.00 bits per heavy atom. The molecule has 0 amide bonds. The summed E-state index contributed by atoms with van der Waals surface area (Å²) in [6, 6.07) is 2.11. The third-order valence-electron chi connectivity index (χ3n) is 3.53. The van der Waals surface area contributed by atoms with E-state index in [1.807, 2.05) is 11.3 Å². The van der Waals surface area contributed by atoms with Gasteiger partial charge in [0.1, 0.15) is 12.1 Å². The van der Waals surface area contributed by atoms with Gasteiger partial charge in [-0.1, -0.05) is 6.92 Å². The Morgan fingerprint density at radius 3 is 2.72 bits per heavy atom. The van der Waals surface area contributed by atoms with Gasteiger partial charge < -0.3 is 9.80 Å². The van der Waals surface area contributed by atoms with E-state index >= 15 is 0 Å². The lowest BCUT2D eigenvalue weighted by molar-refractivity contribution is 0.270. The second kappa shape index (κ2) is 4.53. The van der Waals surface area contributed by atoms with Crippen molar-refractivity contribution < 1.29 is 0 Å². The van der Waals surface area contributed by atoms with Crippen LogP contribution in [0.1, 0.15) is 12.6 Å². The number of rotatable bonds is 2. The standard InChI is InChI=1S/C12H18N6/c1-3-16-4-6-17(7-5-16)11-8-10(2)14-12-15-13-9-18(11)12/h8-9H,3-7H2,1-2H3. The third kappa shape index (κ3) is 1.92. The SMILES string of the molecule is CCN1CCN(c2cc(C)nc3nncn23)CC1. The number of anilines is 1. The minimum absolute atomic E-state index is 0.683. The fraction of sp³-hybridized carbons (Fsp3) is 0.583. The number of aryl methyl sites for hydroxylation is 1. The molecule has 0 unspecified atom stereocenters. The van der Waals surface area contributed by atoms with Gasteiger partial charge in [-0.3, -0.25) is 4.40 Å². The zero-order valence-electron chi connectivity index (χ0n) is 10.9. The van der Waals surface area contributed by atoms with Crippen molar-refractivity contribution in [2.24, 2.45) is 0 Å². The second-order valence-electron chi connectivity index (χ2n) is 4.68. The highest BCUT2D eigenvalue weighted by molar-refractivity contribution is 5.48. The minimum Gasteiger partial charge on any atom is -0.355 e. The highest BCUT2D eigenvalue weighted by Gasteiger charge is 2.18. The van der Waals surface area contributed by atoms with Crippen molar-refractivity contribution in [3.05, 3.63) is 18.1 Å². The van der Waals surface area contributed by atoms with E-state index in [0.717, 1.165) is 44.2 Å². The molecule has 3 heterocycles. The molecule has 0 N–H and O–H groups in total. The van der Waals surface area contributed by atoms with Gasteiger partial charge >= 0.3 is 0 Å². The van der Waals surface area contributed by atoms with Crippen molar-refractivity contribution in [3.8, 4) is 0 Å². The average Bonchev–Trinajstić information content (AvgIpc) is 2.86. The summed E-state index contributed by atoms with van der Waals surface area (Å²) in [6.07, 6.45) is 1.74. The Balaban J connectivity index is 1.92. The molecule has 0 aliphatic carbocycles. The van der Waals surface area contributed by atoms with Crippen molar-refractivity contribution in [2.75, 3.05) is 37.6 Å². The van der Waals surface area contributed by atoms with Gasteiger partial charge in [0.2, 0.25) is 0 Å². The maximum Gasteiger partial charge on any atom is 0.256 e. The predicted molar refractivity (Wildman–Crippen MR) is 69.8 cm³/mol. The molecule has 18 heavy (non-hydrogen) atoms. The number of hydrogen-bond donors (Lipinski definition) is 0. The molecular formula is C12H18N6. The lowest BCUT2D eigenvalue weighted by Crippen LogP contribution is -2.46. The van der Waals surface area contributed by atoms with Gasteiger partial charge in [0.15, 0.2) is 0 Å². The summed E-state index contributed by atoms with van der Waals surface area (Å²) in [5.41, 5.74) is 0.989. The normalized spacial score (nSPS) is 17.6. The second-order valence-corrected chi connectivity index (χ2v) is 4.68. The van der Waals surface area contributed by atoms with E-state index in [1.165, 1.54) is 0 Å². The molecule has 6 nitrogen and oxygen atoms in total. The topological polar surface area (TPSA) is 49.6 Å². The number of likely N-dealkylation sites (N-methyl/N-ethyl adjacent to an activating group) is 1. The summed E-state index contributed by atoms with van der Waals surface area (Å²) < 4.78 is 1.97. The van der Waals surface area contributed by atoms with Crippen LogP contribution in [0.3, 0.4) is 0 Å². The molecule has 1 aliphatic heterocycles. The van der Waals surface area contributed by atoms with Crippen LogP contribution in [-0.4, -0.2) is 57.2 Å². The van der Waals surface area contributed by atoms with Crippen molar-refractivity contribution in [1.82, 2.24) is 24.5 Å². The lowest BCUT2D eigenvalue weighted by atomic mass is 10.3. The van der Waals surface area contributed by atoms with Crippen LogP contribution in [0.2, 0.25) is 0 Å². The average molecular weight is 246 g/mol. The fourth-order valence-electron chi connectivity index (χ4n) is 2.45. The van der Waals surface area contributed by atoms with Crippen LogP contribution < -0.4 is 4.90 Å². The highest BCUT2D eigenvalue weighted by atomic mass is 15.3. The van der Waals surface area contributed by atoms with Gasteiger partial charge in [0.25, 0.3) is 5.78 Å². The largest absolute Gasteiger partial charge is 0.355 e. The molecule has 1 aliphatic rings. The zero-order valence-corrected chi connectivity index (χ0v) is 10.9. The van der Waals surface area contributed by atoms with Gasteiger partial charge in [-0.05, 0) is 13.5 Å². The van der Waals surface area contributed by atoms with Crippen LogP contribution in [-0.2, 0) is 0 Å². The van der Waals surface area contributed by atoms with E-state index < -0.39 is 0 Å². The first-order chi connectivity index (χ1) is 8.78. The fourth-order valence-corrected chi connectivity index (χ4v) is 2.45. The van der Waals surface area contributed by atoms with E-state index in [4.69, 9.17) is 0 Å². The number of piperazine rings is 1. The van der Waals surface area contributed by atoms with Gasteiger partial charge in [0, 0.05) is 37.9 Å². The summed E-state index contributed by atoms with van der Waals surface area (Å²) in [4.78, 5) is 9.23. The van der Waals surface area contributed by atoms with E-state index in [2.05, 4.69) is 38.0 Å². The molecular weight excluding hydrogens is 228 g/mol. The maximum absolute atomic E-state index is 4.37. The number of fused-ring (bicyclic) bond motifs is 1. The maximum atomic E-state index is 4.37. The Bertz CT molecular complexity index is 540. The summed E-state index contributed by atoms with van der Waals surface area (Å²) in [7, 11) is 0. The first kappa shape index (κ1) is 11.4. The predicted octanol–water partition coefficient (Wildman–Crippen LogP) is 0.575. The Morgan fingerprint density at radius 1 is 1.22 bits per heavy atom. The monoisotopic (exact) mass is 246 g/mol. The molecule has 3 rings (SSSR count). The van der Waals surface area contributed by atoms with Crippen LogP contribution in [0.5, 0.6) is 0 Å². The van der Waals surface area contributed by atoms with Crippen molar-refractivity contribution in [3.63, 3.8) is 0 Å². The number of aromatic nitrogens is 4. The molecule has 96 valence electrons. The highest BCUT2D eigenvalue weighted by Crippen LogP contribution is 2.18. The van der Waals surface area contributed by atoms with Crippen molar-refractivity contribution in [1.29, 1.82) is 0 Å². The molecule has 0 aromatic carbocycles. The molecule has 0 atom stereocenters. The number of nitrogens with zero attached hydrogens (tertiary/aromatic N) is 6. The molecule has 0 saturated carbocycles. The minimum atomic E-state index is 0.683. The Hall–Kier alpha value is -1.69. The van der Waals surface area contributed by atoms with Crippen LogP contribution in [0, 0.1) is 6.92 Å². The first-order valence-electron chi connectivity index (χ1n) is 6.42. The lowest BCUT2D eigenvalue weighted by Gasteiger charge is -2.35. The number of hydrogen-bond acceptors (Lipinski definition) is 5. The summed E-state index contributed by atoms with van der Waals surface area (Å²) in [6.45, 7) is 9.66. The van der Waals surface area contributed by atoms with Crippen LogP contribution in [0.4, 0.5) is 5.82 Å². The molecule has 1 saturated heterocycles. The van der Waals surface area contributed by atoms with Crippen LogP contribution in [0.25, 0.3) is 5.78 Å². The summed E-state index contributed by atoms with van der Waals surface area (Å²) in [5, 5.41) is 7.97. The Kier molecular flexibility index (Phi) is 2.87.